The van der Waals surface area contributed by atoms with E-state index in [-0.39, 0.29) is 11.8 Å². The van der Waals surface area contributed by atoms with Gasteiger partial charge in [0, 0.05) is 31.7 Å². The van der Waals surface area contributed by atoms with Crippen LogP contribution in [0.1, 0.15) is 31.9 Å². The van der Waals surface area contributed by atoms with Gasteiger partial charge in [0.1, 0.15) is 5.60 Å². The van der Waals surface area contributed by atoms with Crippen molar-refractivity contribution in [2.45, 2.75) is 39.8 Å². The van der Waals surface area contributed by atoms with Crippen LogP contribution in [0.2, 0.25) is 0 Å². The first-order valence-electron chi connectivity index (χ1n) is 12.4. The minimum atomic E-state index is -0.503. The van der Waals surface area contributed by atoms with Gasteiger partial charge in [-0.2, -0.15) is 0 Å². The van der Waals surface area contributed by atoms with E-state index in [0.717, 1.165) is 27.9 Å². The summed E-state index contributed by atoms with van der Waals surface area (Å²) in [6.45, 7) is 10.5. The summed E-state index contributed by atoms with van der Waals surface area (Å²) >= 11 is 0. The van der Waals surface area contributed by atoms with Crippen LogP contribution in [0.15, 0.2) is 64.1 Å². The predicted molar refractivity (Wildman–Crippen MR) is 142 cm³/mol. The van der Waals surface area contributed by atoms with Crippen molar-refractivity contribution in [1.82, 2.24) is 19.4 Å². The van der Waals surface area contributed by atoms with Gasteiger partial charge in [-0.25, -0.2) is 19.6 Å². The van der Waals surface area contributed by atoms with Crippen molar-refractivity contribution < 1.29 is 13.9 Å². The van der Waals surface area contributed by atoms with E-state index in [0.29, 0.717) is 44.1 Å². The minimum Gasteiger partial charge on any atom is -0.444 e. The number of ether oxygens (including phenoxy) is 1. The zero-order valence-corrected chi connectivity index (χ0v) is 21.6. The Balaban J connectivity index is 1.27. The van der Waals surface area contributed by atoms with Gasteiger partial charge in [-0.3, -0.25) is 4.57 Å². The summed E-state index contributed by atoms with van der Waals surface area (Å²) in [5, 5.41) is 0. The zero-order valence-electron chi connectivity index (χ0n) is 21.6. The third kappa shape index (κ3) is 5.50. The number of amides is 1. The fourth-order valence-corrected chi connectivity index (χ4v) is 4.42. The molecule has 3 heterocycles. The predicted octanol–water partition coefficient (Wildman–Crippen LogP) is 4.47. The Hall–Kier alpha value is -4.14. The van der Waals surface area contributed by atoms with Crippen molar-refractivity contribution in [2.75, 3.05) is 31.1 Å². The van der Waals surface area contributed by atoms with Crippen LogP contribution in [-0.2, 0) is 11.3 Å². The van der Waals surface area contributed by atoms with Crippen molar-refractivity contribution in [2.24, 2.45) is 0 Å². The second-order valence-electron chi connectivity index (χ2n) is 10.3. The van der Waals surface area contributed by atoms with Crippen LogP contribution in [0, 0.1) is 6.92 Å². The number of rotatable bonds is 4. The first-order chi connectivity index (χ1) is 17.7. The SMILES string of the molecule is Cc1ccc2oc(=O)n(Cc3cccc(-c4ncc(N5CCN(C(=O)OC(C)(C)C)CC5)cn4)c3)c2c1. The topological polar surface area (TPSA) is 93.7 Å². The number of hydrogen-bond donors (Lipinski definition) is 0. The summed E-state index contributed by atoms with van der Waals surface area (Å²) in [6, 6.07) is 13.6. The molecule has 0 bridgehead atoms. The Morgan fingerprint density at radius 2 is 1.76 bits per heavy atom. The highest BCUT2D eigenvalue weighted by atomic mass is 16.6. The molecule has 9 heteroatoms. The Morgan fingerprint density at radius 3 is 2.46 bits per heavy atom. The van der Waals surface area contributed by atoms with Gasteiger partial charge in [-0.05, 0) is 57.0 Å². The summed E-state index contributed by atoms with van der Waals surface area (Å²) in [6.07, 6.45) is 3.35. The van der Waals surface area contributed by atoms with Crippen molar-refractivity contribution in [3.8, 4) is 11.4 Å². The Bertz CT molecular complexity index is 1480. The van der Waals surface area contributed by atoms with Gasteiger partial charge in [-0.15, -0.1) is 0 Å². The van der Waals surface area contributed by atoms with Gasteiger partial charge < -0.3 is 19.0 Å². The molecule has 5 rings (SSSR count). The van der Waals surface area contributed by atoms with Gasteiger partial charge in [-0.1, -0.05) is 24.3 Å². The summed E-state index contributed by atoms with van der Waals surface area (Å²) in [5.74, 6) is 0.233. The van der Waals surface area contributed by atoms with E-state index in [4.69, 9.17) is 9.15 Å². The first-order valence-corrected chi connectivity index (χ1v) is 12.4. The number of carbonyl (C=O) groups excluding carboxylic acids is 1. The molecule has 192 valence electrons. The molecule has 1 fully saturated rings. The minimum absolute atomic E-state index is 0.278. The fraction of sp³-hybridized carbons (Fsp3) is 0.357. The molecule has 0 spiro atoms. The largest absolute Gasteiger partial charge is 0.444 e. The summed E-state index contributed by atoms with van der Waals surface area (Å²) in [4.78, 5) is 37.9. The van der Waals surface area contributed by atoms with E-state index in [1.165, 1.54) is 0 Å². The van der Waals surface area contributed by atoms with Crippen LogP contribution >= 0.6 is 0 Å². The zero-order chi connectivity index (χ0) is 26.2. The second kappa shape index (κ2) is 9.72. The molecule has 1 saturated heterocycles. The quantitative estimate of drug-likeness (QED) is 0.407. The van der Waals surface area contributed by atoms with Crippen LogP contribution in [0.4, 0.5) is 10.5 Å². The number of piperazine rings is 1. The van der Waals surface area contributed by atoms with Crippen LogP contribution in [0.5, 0.6) is 0 Å². The highest BCUT2D eigenvalue weighted by Gasteiger charge is 2.26. The van der Waals surface area contributed by atoms with Crippen LogP contribution < -0.4 is 10.7 Å². The number of carbonyl (C=O) groups is 1. The van der Waals surface area contributed by atoms with Crippen molar-refractivity contribution in [3.05, 3.63) is 76.5 Å². The lowest BCUT2D eigenvalue weighted by molar-refractivity contribution is 0.0240. The van der Waals surface area contributed by atoms with Crippen LogP contribution in [0.3, 0.4) is 0 Å². The third-order valence-corrected chi connectivity index (χ3v) is 6.28. The van der Waals surface area contributed by atoms with Gasteiger partial charge in [0.25, 0.3) is 0 Å². The van der Waals surface area contributed by atoms with E-state index in [9.17, 15) is 9.59 Å². The van der Waals surface area contributed by atoms with Crippen LogP contribution in [-0.4, -0.2) is 57.3 Å². The van der Waals surface area contributed by atoms with Gasteiger partial charge >= 0.3 is 11.8 Å². The molecule has 2 aromatic heterocycles. The molecule has 9 nitrogen and oxygen atoms in total. The number of fused-ring (bicyclic) bond motifs is 1. The maximum absolute atomic E-state index is 12.5. The standard InChI is InChI=1S/C28H31N5O4/c1-19-8-9-24-23(14-19)33(27(35)36-24)18-20-6-5-7-21(15-20)25-29-16-22(17-30-25)31-10-12-32(13-11-31)26(34)37-28(2,3)4/h5-9,14-17H,10-13,18H2,1-4H3. The highest BCUT2D eigenvalue weighted by Crippen LogP contribution is 2.22. The maximum atomic E-state index is 12.5. The van der Waals surface area contributed by atoms with E-state index < -0.39 is 5.60 Å². The molecule has 0 saturated carbocycles. The average molecular weight is 502 g/mol. The van der Waals surface area contributed by atoms with Gasteiger partial charge in [0.15, 0.2) is 11.4 Å². The number of anilines is 1. The van der Waals surface area contributed by atoms with Crippen LogP contribution in [0.25, 0.3) is 22.5 Å². The Kier molecular flexibility index (Phi) is 6.45. The normalized spacial score (nSPS) is 14.3. The lowest BCUT2D eigenvalue weighted by Crippen LogP contribution is -2.50. The van der Waals surface area contributed by atoms with E-state index in [2.05, 4.69) is 14.9 Å². The molecule has 4 aromatic rings. The third-order valence-electron chi connectivity index (χ3n) is 6.28. The number of hydrogen-bond acceptors (Lipinski definition) is 7. The van der Waals surface area contributed by atoms with E-state index in [1.54, 1.807) is 9.47 Å². The number of aromatic nitrogens is 3. The number of aryl methyl sites for hydroxylation is 1. The molecule has 1 aliphatic rings. The number of benzene rings is 2. The fourth-order valence-electron chi connectivity index (χ4n) is 4.42. The van der Waals surface area contributed by atoms with Crippen molar-refractivity contribution in [3.63, 3.8) is 0 Å². The molecular weight excluding hydrogens is 470 g/mol. The first kappa shape index (κ1) is 24.5. The molecule has 37 heavy (non-hydrogen) atoms. The van der Waals surface area contributed by atoms with Gasteiger partial charge in [0.05, 0.1) is 30.1 Å². The molecule has 0 aliphatic carbocycles. The molecule has 1 aliphatic heterocycles. The van der Waals surface area contributed by atoms with Gasteiger partial charge in [0.2, 0.25) is 0 Å². The molecule has 0 radical (unpaired) electrons. The lowest BCUT2D eigenvalue weighted by Gasteiger charge is -2.36. The van der Waals surface area contributed by atoms with Crippen molar-refractivity contribution in [1.29, 1.82) is 0 Å². The van der Waals surface area contributed by atoms with E-state index >= 15 is 0 Å². The number of nitrogens with zero attached hydrogens (tertiary/aromatic N) is 5. The highest BCUT2D eigenvalue weighted by molar-refractivity contribution is 5.74. The summed E-state index contributed by atoms with van der Waals surface area (Å²) in [7, 11) is 0. The second-order valence-corrected chi connectivity index (χ2v) is 10.3. The summed E-state index contributed by atoms with van der Waals surface area (Å²) in [5.41, 5.74) is 4.66. The van der Waals surface area contributed by atoms with E-state index in [1.807, 2.05) is 82.6 Å². The lowest BCUT2D eigenvalue weighted by atomic mass is 10.1. The Morgan fingerprint density at radius 1 is 1.03 bits per heavy atom. The molecule has 0 atom stereocenters. The molecule has 2 aromatic carbocycles. The average Bonchev–Trinajstić information content (AvgIpc) is 3.17. The summed E-state index contributed by atoms with van der Waals surface area (Å²) < 4.78 is 12.5. The maximum Gasteiger partial charge on any atom is 0.420 e. The van der Waals surface area contributed by atoms with Crippen molar-refractivity contribution >= 4 is 22.9 Å². The smallest absolute Gasteiger partial charge is 0.420 e. The number of oxazole rings is 1. The molecular formula is C28H31N5O4. The molecule has 0 N–H and O–H groups in total. The molecule has 1 amide bonds. The Labute approximate surface area is 215 Å². The molecule has 0 unspecified atom stereocenters. The monoisotopic (exact) mass is 501 g/mol.